The molecule has 0 amide bonds. The molecule has 0 aromatic carbocycles. The van der Waals surface area contributed by atoms with Crippen molar-refractivity contribution in [1.29, 1.82) is 0 Å². The van der Waals surface area contributed by atoms with Gasteiger partial charge in [-0.15, -0.1) is 12.6 Å². The van der Waals surface area contributed by atoms with E-state index in [0.717, 1.165) is 23.8 Å². The number of hydrogen-bond donors (Lipinski definition) is 7. The first kappa shape index (κ1) is 31.4. The Bertz CT molecular complexity index is 1640. The fourth-order valence-electron chi connectivity index (χ4n) is 6.65. The van der Waals surface area contributed by atoms with Crippen LogP contribution >= 0.6 is 12.6 Å². The number of aliphatic hydroxyl groups is 4. The maximum atomic E-state index is 12.2. The molecule has 1 fully saturated rings. The predicted octanol–water partition coefficient (Wildman–Crippen LogP) is 2.53. The minimum Gasteiger partial charge on any atom is -0.388 e. The molecular weight excluding hydrogens is 605 g/mol. The Morgan fingerprint density at radius 3 is 1.62 bits per heavy atom. The zero-order chi connectivity index (χ0) is 30.7. The molecule has 228 valence electrons. The Labute approximate surface area is 250 Å². The summed E-state index contributed by atoms with van der Waals surface area (Å²) in [4.78, 5) is -0.374. The second-order valence-corrected chi connectivity index (χ2v) is 15.1. The van der Waals surface area contributed by atoms with Crippen LogP contribution in [0, 0.1) is 23.7 Å². The molecule has 0 spiro atoms. The number of fused-ring (bicyclic) bond motifs is 8. The van der Waals surface area contributed by atoms with E-state index >= 15 is 0 Å². The van der Waals surface area contributed by atoms with Crippen molar-refractivity contribution < 1.29 is 46.4 Å². The van der Waals surface area contributed by atoms with Gasteiger partial charge in [-0.1, -0.05) is 36.0 Å². The molecule has 0 saturated heterocycles. The van der Waals surface area contributed by atoms with E-state index in [4.69, 9.17) is 0 Å². The van der Waals surface area contributed by atoms with Gasteiger partial charge in [0.15, 0.2) is 0 Å². The first-order valence-corrected chi connectivity index (χ1v) is 16.9. The van der Waals surface area contributed by atoms with Crippen LogP contribution in [0.4, 0.5) is 0 Å². The molecule has 0 aliphatic heterocycles. The molecule has 6 N–H and O–H groups in total. The molecule has 0 aromatic rings. The maximum Gasteiger partial charge on any atom is 0.294 e. The summed E-state index contributed by atoms with van der Waals surface area (Å²) in [5.74, 6) is -3.04. The van der Waals surface area contributed by atoms with Crippen molar-refractivity contribution in [2.75, 3.05) is 0 Å². The summed E-state index contributed by atoms with van der Waals surface area (Å²) in [6, 6.07) is 0. The van der Waals surface area contributed by atoms with Crippen LogP contribution in [0.5, 0.6) is 0 Å². The summed E-state index contributed by atoms with van der Waals surface area (Å²) in [6.45, 7) is 1.85. The second-order valence-electron chi connectivity index (χ2n) is 11.7. The van der Waals surface area contributed by atoms with Crippen molar-refractivity contribution in [2.24, 2.45) is 23.7 Å². The minimum atomic E-state index is -4.72. The van der Waals surface area contributed by atoms with E-state index in [2.05, 4.69) is 12.6 Å². The number of allylic oxidation sites excluding steroid dienone is 5. The summed E-state index contributed by atoms with van der Waals surface area (Å²) < 4.78 is 68.6. The van der Waals surface area contributed by atoms with Gasteiger partial charge in [-0.25, -0.2) is 0 Å². The van der Waals surface area contributed by atoms with E-state index in [-0.39, 0.29) is 36.8 Å². The van der Waals surface area contributed by atoms with Gasteiger partial charge in [-0.3, -0.25) is 9.11 Å². The standard InChI is InChI=1S/C29H34O10S3/c1-14-2-15-4-17-8-23(40)9-18(27(17)31)6-20-11-25(42(37,38)39)13-22(29(20)33)7-21-12-24(41(34,35)36)10-19(28(21)32)5-16(3-14)26(15)30/h2-3,8-13,16-17,21-22,26-33,40H,4-7H2,1H3,(H,34,35,36)(H,37,38,39). The van der Waals surface area contributed by atoms with Gasteiger partial charge in [0.2, 0.25) is 0 Å². The van der Waals surface area contributed by atoms with Gasteiger partial charge in [0, 0.05) is 28.6 Å². The summed E-state index contributed by atoms with van der Waals surface area (Å²) >= 11 is 4.50. The topological polar surface area (TPSA) is 190 Å². The van der Waals surface area contributed by atoms with Gasteiger partial charge in [0.05, 0.1) is 34.2 Å². The van der Waals surface area contributed by atoms with Crippen molar-refractivity contribution >= 4 is 32.9 Å². The Balaban J connectivity index is 1.66. The molecular formula is C29H34O10S3. The molecule has 42 heavy (non-hydrogen) atoms. The highest BCUT2D eigenvalue weighted by atomic mass is 32.2. The van der Waals surface area contributed by atoms with E-state index in [9.17, 15) is 46.4 Å². The number of aliphatic hydroxyl groups excluding tert-OH is 4. The Kier molecular flexibility index (Phi) is 8.55. The van der Waals surface area contributed by atoms with Crippen LogP contribution in [-0.2, 0) is 20.2 Å². The predicted molar refractivity (Wildman–Crippen MR) is 159 cm³/mol. The third kappa shape index (κ3) is 6.40. The van der Waals surface area contributed by atoms with Crippen LogP contribution in [-0.4, -0.2) is 70.8 Å². The second kappa shape index (κ2) is 11.5. The zero-order valence-corrected chi connectivity index (χ0v) is 25.2. The monoisotopic (exact) mass is 638 g/mol. The third-order valence-corrected chi connectivity index (χ3v) is 10.6. The Morgan fingerprint density at radius 1 is 0.619 bits per heavy atom. The minimum absolute atomic E-state index is 0.0386. The molecule has 5 aliphatic rings. The molecule has 8 bridgehead atoms. The van der Waals surface area contributed by atoms with Gasteiger partial charge >= 0.3 is 0 Å². The van der Waals surface area contributed by atoms with Crippen molar-refractivity contribution in [3.8, 4) is 0 Å². The van der Waals surface area contributed by atoms with Gasteiger partial charge in [-0.2, -0.15) is 16.8 Å². The molecule has 10 nitrogen and oxygen atoms in total. The van der Waals surface area contributed by atoms with Crippen LogP contribution in [0.15, 0.2) is 91.2 Å². The Morgan fingerprint density at radius 2 is 1.05 bits per heavy atom. The van der Waals surface area contributed by atoms with Crippen LogP contribution in [0.2, 0.25) is 0 Å². The van der Waals surface area contributed by atoms with Gasteiger partial charge in [0.1, 0.15) is 0 Å². The van der Waals surface area contributed by atoms with Crippen molar-refractivity contribution in [1.82, 2.24) is 0 Å². The summed E-state index contributed by atoms with van der Waals surface area (Å²) in [7, 11) is -9.42. The summed E-state index contributed by atoms with van der Waals surface area (Å²) in [5, 5.41) is 45.5. The number of thiol groups is 1. The van der Waals surface area contributed by atoms with Crippen LogP contribution < -0.4 is 0 Å². The molecule has 0 radical (unpaired) electrons. The lowest BCUT2D eigenvalue weighted by Gasteiger charge is -2.37. The zero-order valence-electron chi connectivity index (χ0n) is 22.6. The molecule has 5 aliphatic carbocycles. The van der Waals surface area contributed by atoms with Crippen LogP contribution in [0.3, 0.4) is 0 Å². The lowest BCUT2D eigenvalue weighted by Crippen LogP contribution is -2.36. The summed E-state index contributed by atoms with van der Waals surface area (Å²) in [5.41, 5.74) is 2.33. The van der Waals surface area contributed by atoms with E-state index in [0.29, 0.717) is 16.1 Å². The Hall–Kier alpha value is -2.07. The number of rotatable bonds is 2. The van der Waals surface area contributed by atoms with E-state index in [1.54, 1.807) is 12.2 Å². The molecule has 1 saturated carbocycles. The van der Waals surface area contributed by atoms with E-state index in [1.165, 1.54) is 6.08 Å². The highest BCUT2D eigenvalue weighted by Gasteiger charge is 2.39. The largest absolute Gasteiger partial charge is 0.388 e. The lowest BCUT2D eigenvalue weighted by atomic mass is 9.73. The first-order valence-electron chi connectivity index (χ1n) is 13.5. The number of hydrogen-bond acceptors (Lipinski definition) is 9. The van der Waals surface area contributed by atoms with Crippen LogP contribution in [0.1, 0.15) is 32.6 Å². The fraction of sp³-hybridized carbons (Fsp3) is 0.448. The first-order chi connectivity index (χ1) is 19.5. The van der Waals surface area contributed by atoms with Crippen molar-refractivity contribution in [2.45, 2.75) is 57.0 Å². The molecule has 5 rings (SSSR count). The normalized spacial score (nSPS) is 35.8. The van der Waals surface area contributed by atoms with Gasteiger partial charge < -0.3 is 20.4 Å². The highest BCUT2D eigenvalue weighted by Crippen LogP contribution is 2.43. The lowest BCUT2D eigenvalue weighted by molar-refractivity contribution is 0.1000. The average Bonchev–Trinajstić information content (AvgIpc) is 2.87. The van der Waals surface area contributed by atoms with Crippen molar-refractivity contribution in [3.05, 3.63) is 91.2 Å². The molecule has 0 aromatic heterocycles. The fourth-order valence-corrected chi connectivity index (χ4v) is 8.30. The average molecular weight is 639 g/mol. The quantitative estimate of drug-likeness (QED) is 0.175. The third-order valence-electron chi connectivity index (χ3n) is 8.65. The SMILES string of the molecule is CC1=CC2CC3=CC(S(=O)(=O)O)=CC(CC4C=C(S(=O)(=O)O)C=C(CC5=CC(S)=CC(CC(=C1)C2O)C5O)C4O)C3O. The highest BCUT2D eigenvalue weighted by molar-refractivity contribution is 7.90. The van der Waals surface area contributed by atoms with Crippen molar-refractivity contribution in [3.63, 3.8) is 0 Å². The summed E-state index contributed by atoms with van der Waals surface area (Å²) in [6.07, 6.45) is 7.11. The molecule has 8 unspecified atom stereocenters. The van der Waals surface area contributed by atoms with Gasteiger partial charge in [0.25, 0.3) is 20.2 Å². The maximum absolute atomic E-state index is 12.2. The van der Waals surface area contributed by atoms with E-state index < -0.39 is 78.1 Å². The van der Waals surface area contributed by atoms with Gasteiger partial charge in [-0.05, 0) is 73.1 Å². The van der Waals surface area contributed by atoms with E-state index in [1.807, 2.05) is 19.1 Å². The molecule has 0 heterocycles. The molecule has 13 heteroatoms. The van der Waals surface area contributed by atoms with Crippen LogP contribution in [0.25, 0.3) is 0 Å². The molecule has 8 atom stereocenters. The smallest absolute Gasteiger partial charge is 0.294 e.